The second-order valence-corrected chi connectivity index (χ2v) is 3.69. The lowest BCUT2D eigenvalue weighted by Gasteiger charge is -2.15. The monoisotopic (exact) mass is 244 g/mol. The van der Waals surface area contributed by atoms with E-state index in [1.807, 2.05) is 0 Å². The van der Waals surface area contributed by atoms with Gasteiger partial charge in [0, 0.05) is 19.6 Å². The summed E-state index contributed by atoms with van der Waals surface area (Å²) in [7, 11) is 0. The highest BCUT2D eigenvalue weighted by Crippen LogP contribution is 2.28. The van der Waals surface area contributed by atoms with E-state index >= 15 is 0 Å². The largest absolute Gasteiger partial charge is 0.481 e. The fourth-order valence-electron chi connectivity index (χ4n) is 1.73. The molecule has 1 N–H and O–H groups in total. The van der Waals surface area contributed by atoms with Crippen LogP contribution in [0.1, 0.15) is 13.3 Å². The van der Waals surface area contributed by atoms with Crippen molar-refractivity contribution in [2.75, 3.05) is 13.2 Å². The van der Waals surface area contributed by atoms with Gasteiger partial charge in [0.15, 0.2) is 6.10 Å². The number of ether oxygens (including phenoxy) is 3. The highest BCUT2D eigenvalue weighted by molar-refractivity contribution is 5.81. The number of hydrogen-bond acceptors (Lipinski definition) is 5. The molecule has 0 saturated carbocycles. The molecule has 96 valence electrons. The third kappa shape index (κ3) is 4.16. The molecule has 2 aliphatic heterocycles. The van der Waals surface area contributed by atoms with Gasteiger partial charge in [-0.2, -0.15) is 0 Å². The van der Waals surface area contributed by atoms with E-state index in [2.05, 4.69) is 6.58 Å². The van der Waals surface area contributed by atoms with Crippen molar-refractivity contribution in [2.45, 2.75) is 31.7 Å². The summed E-state index contributed by atoms with van der Waals surface area (Å²) in [6.07, 6.45) is 1.85. The van der Waals surface area contributed by atoms with Crippen molar-refractivity contribution >= 4 is 11.9 Å². The molecule has 0 aliphatic carbocycles. The fourth-order valence-corrected chi connectivity index (χ4v) is 1.73. The summed E-state index contributed by atoms with van der Waals surface area (Å²) in [6, 6.07) is 0. The van der Waals surface area contributed by atoms with E-state index in [9.17, 15) is 4.79 Å². The van der Waals surface area contributed by atoms with E-state index in [1.54, 1.807) is 0 Å². The molecular formula is C11H16O6. The average molecular weight is 244 g/mol. The van der Waals surface area contributed by atoms with Crippen molar-refractivity contribution in [3.8, 4) is 0 Å². The maximum absolute atomic E-state index is 10.9. The van der Waals surface area contributed by atoms with Gasteiger partial charge in [-0.15, -0.1) is 0 Å². The quantitative estimate of drug-likeness (QED) is 0.558. The topological polar surface area (TPSA) is 82.1 Å². The van der Waals surface area contributed by atoms with E-state index in [-0.39, 0.29) is 18.3 Å². The van der Waals surface area contributed by atoms with Crippen LogP contribution >= 0.6 is 0 Å². The smallest absolute Gasteiger partial charge is 0.330 e. The Balaban J connectivity index is 0.000000317. The zero-order chi connectivity index (χ0) is 12.8. The van der Waals surface area contributed by atoms with Crippen LogP contribution in [0, 0.1) is 0 Å². The van der Waals surface area contributed by atoms with Crippen LogP contribution in [-0.4, -0.2) is 48.6 Å². The normalized spacial score (nSPS) is 29.8. The van der Waals surface area contributed by atoms with Crippen molar-refractivity contribution < 1.29 is 28.9 Å². The number of carbonyl (C=O) groups excluding carboxylic acids is 1. The summed E-state index contributed by atoms with van der Waals surface area (Å²) >= 11 is 0. The first-order chi connectivity index (χ1) is 8.04. The highest BCUT2D eigenvalue weighted by Gasteiger charge is 2.43. The number of carbonyl (C=O) groups is 2. The first kappa shape index (κ1) is 13.7. The van der Waals surface area contributed by atoms with Gasteiger partial charge in [-0.3, -0.25) is 4.79 Å². The molecule has 17 heavy (non-hydrogen) atoms. The van der Waals surface area contributed by atoms with Crippen molar-refractivity contribution in [1.29, 1.82) is 0 Å². The lowest BCUT2D eigenvalue weighted by atomic mass is 10.1. The minimum atomic E-state index is -0.833. The fraction of sp³-hybridized carbons (Fsp3) is 0.636. The zero-order valence-corrected chi connectivity index (χ0v) is 9.63. The summed E-state index contributed by atoms with van der Waals surface area (Å²) in [6.45, 7) is 5.55. The van der Waals surface area contributed by atoms with Crippen LogP contribution in [0.15, 0.2) is 12.7 Å². The maximum Gasteiger partial charge on any atom is 0.330 e. The first-order valence-electron chi connectivity index (χ1n) is 5.30. The predicted molar refractivity (Wildman–Crippen MR) is 57.5 cm³/mol. The van der Waals surface area contributed by atoms with Gasteiger partial charge in [-0.1, -0.05) is 6.58 Å². The summed E-state index contributed by atoms with van der Waals surface area (Å²) in [5.41, 5.74) is 0. The molecule has 2 saturated heterocycles. The van der Waals surface area contributed by atoms with E-state index < -0.39 is 11.9 Å². The average Bonchev–Trinajstić information content (AvgIpc) is 2.81. The van der Waals surface area contributed by atoms with Crippen LogP contribution in [-0.2, 0) is 23.8 Å². The Kier molecular flexibility index (Phi) is 5.11. The minimum absolute atomic E-state index is 0.0658. The van der Waals surface area contributed by atoms with Gasteiger partial charge in [-0.25, -0.2) is 4.79 Å². The number of aliphatic carboxylic acids is 1. The lowest BCUT2D eigenvalue weighted by Crippen LogP contribution is -2.31. The van der Waals surface area contributed by atoms with Gasteiger partial charge in [-0.05, 0) is 6.42 Å². The molecule has 2 fully saturated rings. The number of hydrogen-bond donors (Lipinski definition) is 1. The Hall–Kier alpha value is -1.40. The van der Waals surface area contributed by atoms with Gasteiger partial charge in [0.05, 0.1) is 12.7 Å². The van der Waals surface area contributed by atoms with Crippen molar-refractivity contribution in [1.82, 2.24) is 0 Å². The lowest BCUT2D eigenvalue weighted by molar-refractivity contribution is -0.147. The second-order valence-electron chi connectivity index (χ2n) is 3.69. The minimum Gasteiger partial charge on any atom is -0.481 e. The number of rotatable bonds is 2. The zero-order valence-electron chi connectivity index (χ0n) is 9.63. The Morgan fingerprint density at radius 1 is 1.47 bits per heavy atom. The number of esters is 1. The van der Waals surface area contributed by atoms with E-state index in [0.717, 1.165) is 19.4 Å². The molecule has 0 bridgehead atoms. The van der Waals surface area contributed by atoms with E-state index in [4.69, 9.17) is 24.1 Å². The van der Waals surface area contributed by atoms with Gasteiger partial charge in [0.1, 0.15) is 6.10 Å². The third-order valence-electron chi connectivity index (χ3n) is 2.35. The molecule has 0 aromatic heterocycles. The van der Waals surface area contributed by atoms with Crippen molar-refractivity contribution in [3.63, 3.8) is 0 Å². The van der Waals surface area contributed by atoms with Crippen LogP contribution in [0.5, 0.6) is 0 Å². The number of carboxylic acids is 1. The molecule has 0 spiro atoms. The molecule has 0 aromatic rings. The van der Waals surface area contributed by atoms with Crippen LogP contribution in [0.2, 0.25) is 0 Å². The van der Waals surface area contributed by atoms with Gasteiger partial charge < -0.3 is 19.3 Å². The predicted octanol–water partition coefficient (Wildman–Crippen LogP) is 0.363. The SMILES string of the molecule is C=CC(=O)O[C@@H]1CO[C@@H]2CCO[C@@H]21.CC(=O)O. The molecule has 0 radical (unpaired) electrons. The molecule has 2 aliphatic rings. The summed E-state index contributed by atoms with van der Waals surface area (Å²) in [5, 5.41) is 7.42. The molecule has 0 aromatic carbocycles. The standard InChI is InChI=1S/C9H12O4.C2H4O2/c1-2-8(10)13-7-5-12-6-3-4-11-9(6)7;1-2(3)4/h2,6-7,9H,1,3-5H2;1H3,(H,3,4)/t6-,7-,9+;/m1./s1. The molecule has 0 amide bonds. The second kappa shape index (κ2) is 6.36. The van der Waals surface area contributed by atoms with E-state index in [0.29, 0.717) is 13.2 Å². The highest BCUT2D eigenvalue weighted by atomic mass is 16.6. The molecule has 0 unspecified atom stereocenters. The Labute approximate surface area is 99.2 Å². The molecule has 6 nitrogen and oxygen atoms in total. The van der Waals surface area contributed by atoms with Crippen LogP contribution in [0.25, 0.3) is 0 Å². The van der Waals surface area contributed by atoms with Crippen molar-refractivity contribution in [3.05, 3.63) is 12.7 Å². The molecule has 2 heterocycles. The molecule has 2 rings (SSSR count). The van der Waals surface area contributed by atoms with Crippen LogP contribution < -0.4 is 0 Å². The summed E-state index contributed by atoms with van der Waals surface area (Å²) < 4.78 is 15.9. The van der Waals surface area contributed by atoms with Crippen LogP contribution in [0.4, 0.5) is 0 Å². The number of carboxylic acid groups (broad SMARTS) is 1. The van der Waals surface area contributed by atoms with Gasteiger partial charge >= 0.3 is 5.97 Å². The van der Waals surface area contributed by atoms with E-state index in [1.165, 1.54) is 0 Å². The van der Waals surface area contributed by atoms with Gasteiger partial charge in [0.25, 0.3) is 5.97 Å². The Morgan fingerprint density at radius 3 is 2.71 bits per heavy atom. The molecule has 3 atom stereocenters. The molecular weight excluding hydrogens is 228 g/mol. The summed E-state index contributed by atoms with van der Waals surface area (Å²) in [4.78, 5) is 19.9. The van der Waals surface area contributed by atoms with Crippen molar-refractivity contribution in [2.24, 2.45) is 0 Å². The number of fused-ring (bicyclic) bond motifs is 1. The first-order valence-corrected chi connectivity index (χ1v) is 5.30. The maximum atomic E-state index is 10.9. The molecule has 6 heteroatoms. The van der Waals surface area contributed by atoms with Gasteiger partial charge in [0.2, 0.25) is 0 Å². The Bertz CT molecular complexity index is 296. The van der Waals surface area contributed by atoms with Crippen LogP contribution in [0.3, 0.4) is 0 Å². The summed E-state index contributed by atoms with van der Waals surface area (Å²) in [5.74, 6) is -1.25. The third-order valence-corrected chi connectivity index (χ3v) is 2.35. The Morgan fingerprint density at radius 2 is 2.12 bits per heavy atom.